The number of aliphatic hydroxyl groups excluding tert-OH is 1. The topological polar surface area (TPSA) is 64.1 Å². The van der Waals surface area contributed by atoms with Gasteiger partial charge in [-0.25, -0.2) is 0 Å². The zero-order valence-electron chi connectivity index (χ0n) is 11.7. The third kappa shape index (κ3) is 3.44. The van der Waals surface area contributed by atoms with Gasteiger partial charge >= 0.3 is 0 Å². The molecule has 2 aromatic rings. The highest BCUT2D eigenvalue weighted by Gasteiger charge is 2.14. The minimum Gasteiger partial charge on any atom is -0.388 e. The summed E-state index contributed by atoms with van der Waals surface area (Å²) in [6.07, 6.45) is 5.26. The van der Waals surface area contributed by atoms with Gasteiger partial charge in [0.25, 0.3) is 0 Å². The highest BCUT2D eigenvalue weighted by Crippen LogP contribution is 2.21. The van der Waals surface area contributed by atoms with Gasteiger partial charge in [-0.3, -0.25) is 0 Å². The molecule has 0 aliphatic carbocycles. The molecule has 0 aliphatic rings. The SMILES string of the molecule is CCCc1noc(Cn2ccc(C(O)C(C)C)c2)n1. The molecule has 1 unspecified atom stereocenters. The summed E-state index contributed by atoms with van der Waals surface area (Å²) in [5.41, 5.74) is 0.920. The molecular formula is C14H21N3O2. The van der Waals surface area contributed by atoms with Gasteiger partial charge in [-0.2, -0.15) is 4.98 Å². The normalized spacial score (nSPS) is 13.1. The molecule has 2 heterocycles. The molecule has 5 heteroatoms. The Morgan fingerprint density at radius 2 is 2.21 bits per heavy atom. The first-order chi connectivity index (χ1) is 9.10. The molecule has 0 aliphatic heterocycles. The maximum absolute atomic E-state index is 9.99. The van der Waals surface area contributed by atoms with E-state index in [1.165, 1.54) is 0 Å². The van der Waals surface area contributed by atoms with Gasteiger partial charge in [0.2, 0.25) is 5.89 Å². The van der Waals surface area contributed by atoms with Gasteiger partial charge in [-0.05, 0) is 24.0 Å². The van der Waals surface area contributed by atoms with E-state index in [9.17, 15) is 5.11 Å². The molecule has 0 fully saturated rings. The van der Waals surface area contributed by atoms with Crippen LogP contribution in [-0.4, -0.2) is 19.8 Å². The molecule has 104 valence electrons. The summed E-state index contributed by atoms with van der Waals surface area (Å²) in [5.74, 6) is 1.56. The lowest BCUT2D eigenvalue weighted by Gasteiger charge is -2.12. The number of hydrogen-bond donors (Lipinski definition) is 1. The first kappa shape index (κ1) is 13.8. The Hall–Kier alpha value is -1.62. The maximum atomic E-state index is 9.99. The first-order valence-electron chi connectivity index (χ1n) is 6.75. The monoisotopic (exact) mass is 263 g/mol. The van der Waals surface area contributed by atoms with Gasteiger partial charge in [0.05, 0.1) is 6.10 Å². The van der Waals surface area contributed by atoms with E-state index in [4.69, 9.17) is 4.52 Å². The highest BCUT2D eigenvalue weighted by molar-refractivity contribution is 5.14. The van der Waals surface area contributed by atoms with Crippen LogP contribution in [0.5, 0.6) is 0 Å². The van der Waals surface area contributed by atoms with Gasteiger partial charge < -0.3 is 14.2 Å². The van der Waals surface area contributed by atoms with Crippen molar-refractivity contribution in [2.24, 2.45) is 5.92 Å². The zero-order valence-corrected chi connectivity index (χ0v) is 11.7. The second-order valence-electron chi connectivity index (χ2n) is 5.16. The Balaban J connectivity index is 2.02. The lowest BCUT2D eigenvalue weighted by atomic mass is 10.0. The van der Waals surface area contributed by atoms with Crippen LogP contribution in [0, 0.1) is 5.92 Å². The molecule has 1 atom stereocenters. The summed E-state index contributed by atoms with van der Waals surface area (Å²) in [6.45, 7) is 6.62. The lowest BCUT2D eigenvalue weighted by molar-refractivity contribution is 0.127. The fourth-order valence-electron chi connectivity index (χ4n) is 1.95. The number of aryl methyl sites for hydroxylation is 1. The summed E-state index contributed by atoms with van der Waals surface area (Å²) in [6, 6.07) is 1.92. The van der Waals surface area contributed by atoms with Crippen LogP contribution < -0.4 is 0 Å². The molecule has 19 heavy (non-hydrogen) atoms. The van der Waals surface area contributed by atoms with E-state index in [0.717, 1.165) is 24.2 Å². The van der Waals surface area contributed by atoms with Gasteiger partial charge in [-0.1, -0.05) is 25.9 Å². The van der Waals surface area contributed by atoms with Crippen LogP contribution in [0.1, 0.15) is 50.6 Å². The van der Waals surface area contributed by atoms with E-state index in [1.54, 1.807) is 0 Å². The molecule has 0 aromatic carbocycles. The van der Waals surface area contributed by atoms with Crippen LogP contribution in [0.3, 0.4) is 0 Å². The summed E-state index contributed by atoms with van der Waals surface area (Å²) in [4.78, 5) is 4.32. The fraction of sp³-hybridized carbons (Fsp3) is 0.571. The molecule has 0 radical (unpaired) electrons. The predicted molar refractivity (Wildman–Crippen MR) is 71.6 cm³/mol. The maximum Gasteiger partial charge on any atom is 0.246 e. The summed E-state index contributed by atoms with van der Waals surface area (Å²) >= 11 is 0. The smallest absolute Gasteiger partial charge is 0.246 e. The minimum atomic E-state index is -0.431. The van der Waals surface area contributed by atoms with E-state index in [0.29, 0.717) is 12.4 Å². The van der Waals surface area contributed by atoms with Crippen LogP contribution in [-0.2, 0) is 13.0 Å². The Kier molecular flexibility index (Phi) is 4.37. The van der Waals surface area contributed by atoms with Gasteiger partial charge in [0.1, 0.15) is 6.54 Å². The molecule has 5 nitrogen and oxygen atoms in total. The number of hydrogen-bond acceptors (Lipinski definition) is 4. The lowest BCUT2D eigenvalue weighted by Crippen LogP contribution is -2.04. The molecule has 2 rings (SSSR count). The van der Waals surface area contributed by atoms with Crippen molar-refractivity contribution in [2.75, 3.05) is 0 Å². The molecule has 0 spiro atoms. The molecule has 0 bridgehead atoms. The number of aliphatic hydroxyl groups is 1. The van der Waals surface area contributed by atoms with E-state index in [2.05, 4.69) is 17.1 Å². The minimum absolute atomic E-state index is 0.204. The second-order valence-corrected chi connectivity index (χ2v) is 5.16. The quantitative estimate of drug-likeness (QED) is 0.870. The average Bonchev–Trinajstić information content (AvgIpc) is 2.99. The van der Waals surface area contributed by atoms with Crippen molar-refractivity contribution in [3.8, 4) is 0 Å². The molecule has 2 aromatic heterocycles. The average molecular weight is 263 g/mol. The van der Waals surface area contributed by atoms with Crippen molar-refractivity contribution in [1.82, 2.24) is 14.7 Å². The van der Waals surface area contributed by atoms with Crippen LogP contribution in [0.25, 0.3) is 0 Å². The van der Waals surface area contributed by atoms with Crippen LogP contribution >= 0.6 is 0 Å². The van der Waals surface area contributed by atoms with Crippen LogP contribution in [0.2, 0.25) is 0 Å². The van der Waals surface area contributed by atoms with Gasteiger partial charge in [0, 0.05) is 18.8 Å². The Labute approximate surface area is 113 Å². The van der Waals surface area contributed by atoms with Crippen molar-refractivity contribution in [2.45, 2.75) is 46.3 Å². The summed E-state index contributed by atoms with van der Waals surface area (Å²) in [7, 11) is 0. The molecule has 0 saturated carbocycles. The van der Waals surface area contributed by atoms with E-state index in [-0.39, 0.29) is 5.92 Å². The Bertz CT molecular complexity index is 516. The number of aromatic nitrogens is 3. The van der Waals surface area contributed by atoms with Gasteiger partial charge in [0.15, 0.2) is 5.82 Å². The third-order valence-electron chi connectivity index (χ3n) is 3.05. The number of rotatable bonds is 6. The van der Waals surface area contributed by atoms with E-state index >= 15 is 0 Å². The first-order valence-corrected chi connectivity index (χ1v) is 6.75. The summed E-state index contributed by atoms with van der Waals surface area (Å²) < 4.78 is 7.14. The third-order valence-corrected chi connectivity index (χ3v) is 3.05. The molecule has 0 amide bonds. The predicted octanol–water partition coefficient (Wildman–Crippen LogP) is 2.56. The van der Waals surface area contributed by atoms with Gasteiger partial charge in [-0.15, -0.1) is 0 Å². The van der Waals surface area contributed by atoms with Crippen molar-refractivity contribution in [3.05, 3.63) is 35.7 Å². The Morgan fingerprint density at radius 3 is 2.89 bits per heavy atom. The van der Waals surface area contributed by atoms with E-state index < -0.39 is 6.10 Å². The van der Waals surface area contributed by atoms with Crippen molar-refractivity contribution < 1.29 is 9.63 Å². The molecular weight excluding hydrogens is 242 g/mol. The van der Waals surface area contributed by atoms with Crippen molar-refractivity contribution in [3.63, 3.8) is 0 Å². The molecule has 0 saturated heterocycles. The largest absolute Gasteiger partial charge is 0.388 e. The second kappa shape index (κ2) is 6.02. The van der Waals surface area contributed by atoms with Crippen LogP contribution in [0.4, 0.5) is 0 Å². The number of nitrogens with zero attached hydrogens (tertiary/aromatic N) is 3. The zero-order chi connectivity index (χ0) is 13.8. The summed E-state index contributed by atoms with van der Waals surface area (Å²) in [5, 5.41) is 13.9. The standard InChI is InChI=1S/C14H21N3O2/c1-4-5-12-15-13(19-16-12)9-17-7-6-11(8-17)14(18)10(2)3/h6-8,10,14,18H,4-5,9H2,1-3H3. The Morgan fingerprint density at radius 1 is 1.42 bits per heavy atom. The van der Waals surface area contributed by atoms with Crippen molar-refractivity contribution in [1.29, 1.82) is 0 Å². The fourth-order valence-corrected chi connectivity index (χ4v) is 1.95. The van der Waals surface area contributed by atoms with Crippen molar-refractivity contribution >= 4 is 0 Å². The van der Waals surface area contributed by atoms with E-state index in [1.807, 2.05) is 36.9 Å². The van der Waals surface area contributed by atoms with Crippen LogP contribution in [0.15, 0.2) is 23.0 Å². The highest BCUT2D eigenvalue weighted by atomic mass is 16.5. The molecule has 1 N–H and O–H groups in total.